The van der Waals surface area contributed by atoms with E-state index >= 15 is 0 Å². The third kappa shape index (κ3) is 2.14. The van der Waals surface area contributed by atoms with Crippen LogP contribution in [-0.2, 0) is 6.42 Å². The number of nitrogen functional groups attached to an aromatic ring is 1. The van der Waals surface area contributed by atoms with Crippen LogP contribution in [0.3, 0.4) is 0 Å². The van der Waals surface area contributed by atoms with Crippen molar-refractivity contribution < 1.29 is 13.6 Å². The van der Waals surface area contributed by atoms with Gasteiger partial charge in [-0.1, -0.05) is 12.1 Å². The molecular weight excluding hydrogens is 274 g/mol. The normalized spacial score (nSPS) is 13.4. The molecule has 3 nitrogen and oxygen atoms in total. The predicted molar refractivity (Wildman–Crippen MR) is 77.3 cm³/mol. The van der Waals surface area contributed by atoms with Crippen molar-refractivity contribution in [3.05, 3.63) is 58.7 Å². The number of anilines is 2. The number of hydrogen-bond donors (Lipinski definition) is 1. The van der Waals surface area contributed by atoms with Gasteiger partial charge in [0.25, 0.3) is 5.91 Å². The van der Waals surface area contributed by atoms with Crippen molar-refractivity contribution in [1.82, 2.24) is 0 Å². The Morgan fingerprint density at radius 3 is 2.81 bits per heavy atom. The van der Waals surface area contributed by atoms with Gasteiger partial charge >= 0.3 is 0 Å². The summed E-state index contributed by atoms with van der Waals surface area (Å²) in [5, 5.41) is 0. The molecule has 0 saturated heterocycles. The highest BCUT2D eigenvalue weighted by atomic mass is 19.2. The molecule has 0 aliphatic carbocycles. The second-order valence-corrected chi connectivity index (χ2v) is 5.15. The zero-order valence-corrected chi connectivity index (χ0v) is 11.5. The number of benzene rings is 2. The van der Waals surface area contributed by atoms with Crippen LogP contribution < -0.4 is 10.6 Å². The summed E-state index contributed by atoms with van der Waals surface area (Å²) in [4.78, 5) is 13.9. The molecule has 1 heterocycles. The molecule has 2 N–H and O–H groups in total. The number of carbonyl (C=O) groups excluding carboxylic acids is 1. The lowest BCUT2D eigenvalue weighted by Gasteiger charge is -2.18. The van der Waals surface area contributed by atoms with E-state index in [9.17, 15) is 13.6 Å². The first-order valence-electron chi connectivity index (χ1n) is 6.64. The Balaban J connectivity index is 2.03. The molecule has 0 bridgehead atoms. The molecule has 0 aromatic heterocycles. The number of rotatable bonds is 1. The van der Waals surface area contributed by atoms with Crippen LogP contribution in [0.4, 0.5) is 20.2 Å². The first-order chi connectivity index (χ1) is 9.99. The van der Waals surface area contributed by atoms with E-state index in [4.69, 9.17) is 5.73 Å². The largest absolute Gasteiger partial charge is 0.398 e. The van der Waals surface area contributed by atoms with Gasteiger partial charge in [-0.15, -0.1) is 0 Å². The highest BCUT2D eigenvalue weighted by Gasteiger charge is 2.28. The fraction of sp³-hybridized carbons (Fsp3) is 0.188. The third-order valence-electron chi connectivity index (χ3n) is 3.79. The number of carbonyl (C=O) groups is 1. The summed E-state index contributed by atoms with van der Waals surface area (Å²) < 4.78 is 27.1. The molecular formula is C16H14F2N2O. The van der Waals surface area contributed by atoms with Crippen LogP contribution in [0.15, 0.2) is 30.3 Å². The Morgan fingerprint density at radius 2 is 2.05 bits per heavy atom. The van der Waals surface area contributed by atoms with Gasteiger partial charge in [0, 0.05) is 17.9 Å². The summed E-state index contributed by atoms with van der Waals surface area (Å²) in [7, 11) is 0. The van der Waals surface area contributed by atoms with E-state index in [1.807, 2.05) is 13.0 Å². The molecule has 0 atom stereocenters. The Kier molecular flexibility index (Phi) is 3.12. The Labute approximate surface area is 121 Å². The lowest BCUT2D eigenvalue weighted by atomic mass is 10.1. The minimum atomic E-state index is -1.11. The van der Waals surface area contributed by atoms with Gasteiger partial charge in [-0.2, -0.15) is 0 Å². The van der Waals surface area contributed by atoms with Gasteiger partial charge in [0.2, 0.25) is 0 Å². The number of fused-ring (bicyclic) bond motifs is 1. The summed E-state index contributed by atoms with van der Waals surface area (Å²) in [6.07, 6.45) is 0.680. The topological polar surface area (TPSA) is 46.3 Å². The lowest BCUT2D eigenvalue weighted by Crippen LogP contribution is -2.30. The Hall–Kier alpha value is -2.43. The Morgan fingerprint density at radius 1 is 1.29 bits per heavy atom. The number of hydrogen-bond acceptors (Lipinski definition) is 2. The first-order valence-corrected chi connectivity index (χ1v) is 6.64. The van der Waals surface area contributed by atoms with E-state index in [0.29, 0.717) is 24.3 Å². The lowest BCUT2D eigenvalue weighted by molar-refractivity contribution is 0.0984. The van der Waals surface area contributed by atoms with Crippen molar-refractivity contribution >= 4 is 17.3 Å². The molecule has 1 amide bonds. The van der Waals surface area contributed by atoms with Gasteiger partial charge < -0.3 is 10.6 Å². The highest BCUT2D eigenvalue weighted by Crippen LogP contribution is 2.33. The van der Waals surface area contributed by atoms with Gasteiger partial charge in [0.05, 0.1) is 5.56 Å². The van der Waals surface area contributed by atoms with E-state index in [-0.39, 0.29) is 5.56 Å². The van der Waals surface area contributed by atoms with Crippen molar-refractivity contribution in [2.75, 3.05) is 17.2 Å². The van der Waals surface area contributed by atoms with Gasteiger partial charge in [-0.25, -0.2) is 8.78 Å². The fourth-order valence-corrected chi connectivity index (χ4v) is 2.60. The van der Waals surface area contributed by atoms with Gasteiger partial charge in [0.15, 0.2) is 11.6 Å². The fourth-order valence-electron chi connectivity index (χ4n) is 2.60. The predicted octanol–water partition coefficient (Wildman–Crippen LogP) is 3.06. The summed E-state index contributed by atoms with van der Waals surface area (Å²) in [5.41, 5.74) is 8.80. The monoisotopic (exact) mass is 288 g/mol. The number of halogens is 2. The molecule has 5 heteroatoms. The molecule has 0 saturated carbocycles. The average Bonchev–Trinajstić information content (AvgIpc) is 2.84. The summed E-state index contributed by atoms with van der Waals surface area (Å²) >= 11 is 0. The van der Waals surface area contributed by atoms with Gasteiger partial charge in [0.1, 0.15) is 0 Å². The second kappa shape index (κ2) is 4.84. The summed E-state index contributed by atoms with van der Waals surface area (Å²) in [6.45, 7) is 2.33. The summed E-state index contributed by atoms with van der Waals surface area (Å²) in [5.74, 6) is -2.69. The molecule has 1 aliphatic rings. The molecule has 0 fully saturated rings. The minimum Gasteiger partial charge on any atom is -0.398 e. The van der Waals surface area contributed by atoms with Crippen LogP contribution in [0, 0.1) is 18.6 Å². The number of nitrogens with two attached hydrogens (primary N) is 1. The molecule has 108 valence electrons. The standard InChI is InChI=1S/C16H14F2N2O/c1-9-7-10-5-6-20(14(10)8-13(9)19)16(21)11-3-2-4-12(17)15(11)18/h2-4,7-8H,5-6,19H2,1H3. The molecule has 2 aromatic carbocycles. The van der Waals surface area contributed by atoms with Crippen molar-refractivity contribution in [3.63, 3.8) is 0 Å². The maximum Gasteiger partial charge on any atom is 0.261 e. The van der Waals surface area contributed by atoms with E-state index in [1.54, 1.807) is 6.07 Å². The van der Waals surface area contributed by atoms with Gasteiger partial charge in [-0.05, 0) is 42.7 Å². The maximum absolute atomic E-state index is 13.8. The van der Waals surface area contributed by atoms with Crippen molar-refractivity contribution in [3.8, 4) is 0 Å². The van der Waals surface area contributed by atoms with Crippen LogP contribution in [0.1, 0.15) is 21.5 Å². The van der Waals surface area contributed by atoms with Crippen molar-refractivity contribution in [2.24, 2.45) is 0 Å². The zero-order valence-electron chi connectivity index (χ0n) is 11.5. The number of nitrogens with zero attached hydrogens (tertiary/aromatic N) is 1. The third-order valence-corrected chi connectivity index (χ3v) is 3.79. The van der Waals surface area contributed by atoms with Crippen LogP contribution in [0.5, 0.6) is 0 Å². The van der Waals surface area contributed by atoms with Crippen molar-refractivity contribution in [1.29, 1.82) is 0 Å². The molecule has 0 spiro atoms. The molecule has 0 unspecified atom stereocenters. The minimum absolute atomic E-state index is 0.262. The highest BCUT2D eigenvalue weighted by molar-refractivity contribution is 6.07. The Bertz CT molecular complexity index is 743. The average molecular weight is 288 g/mol. The number of aryl methyl sites for hydroxylation is 1. The van der Waals surface area contributed by atoms with Crippen LogP contribution in [-0.4, -0.2) is 12.5 Å². The SMILES string of the molecule is Cc1cc2c(cc1N)N(C(=O)c1cccc(F)c1F)CC2. The van der Waals surface area contributed by atoms with Crippen LogP contribution in [0.25, 0.3) is 0 Å². The molecule has 3 rings (SSSR count). The quantitative estimate of drug-likeness (QED) is 0.820. The maximum atomic E-state index is 13.8. The van der Waals surface area contributed by atoms with Crippen molar-refractivity contribution in [2.45, 2.75) is 13.3 Å². The molecule has 0 radical (unpaired) electrons. The molecule has 2 aromatic rings. The van der Waals surface area contributed by atoms with Gasteiger partial charge in [-0.3, -0.25) is 4.79 Å². The number of amides is 1. The van der Waals surface area contributed by atoms with E-state index in [1.165, 1.54) is 17.0 Å². The molecule has 1 aliphatic heterocycles. The van der Waals surface area contributed by atoms with E-state index in [2.05, 4.69) is 0 Å². The zero-order chi connectivity index (χ0) is 15.1. The smallest absolute Gasteiger partial charge is 0.261 e. The van der Waals surface area contributed by atoms with Crippen LogP contribution in [0.2, 0.25) is 0 Å². The van der Waals surface area contributed by atoms with E-state index in [0.717, 1.165) is 17.2 Å². The second-order valence-electron chi connectivity index (χ2n) is 5.15. The van der Waals surface area contributed by atoms with E-state index < -0.39 is 17.5 Å². The molecule has 21 heavy (non-hydrogen) atoms. The van der Waals surface area contributed by atoms with Crippen LogP contribution >= 0.6 is 0 Å². The summed E-state index contributed by atoms with van der Waals surface area (Å²) in [6, 6.07) is 7.25. The first kappa shape index (κ1) is 13.5.